The SMILES string of the molecule is CCNC1CCCC(Oc2ccc(CCOC)cc2)C1. The molecule has 0 aromatic heterocycles. The van der Waals surface area contributed by atoms with Crippen molar-refractivity contribution in [2.75, 3.05) is 20.3 Å². The van der Waals surface area contributed by atoms with E-state index in [1.165, 1.54) is 24.8 Å². The van der Waals surface area contributed by atoms with Crippen LogP contribution in [0, 0.1) is 0 Å². The lowest BCUT2D eigenvalue weighted by atomic mass is 9.93. The van der Waals surface area contributed by atoms with Gasteiger partial charge in [0.15, 0.2) is 0 Å². The van der Waals surface area contributed by atoms with Crippen molar-refractivity contribution < 1.29 is 9.47 Å². The Morgan fingerprint density at radius 2 is 2.00 bits per heavy atom. The zero-order valence-electron chi connectivity index (χ0n) is 12.7. The molecule has 112 valence electrons. The van der Waals surface area contributed by atoms with E-state index in [4.69, 9.17) is 9.47 Å². The molecule has 1 aliphatic rings. The number of nitrogens with one attached hydrogen (secondary N) is 1. The Kier molecular flexibility index (Phi) is 6.34. The highest BCUT2D eigenvalue weighted by molar-refractivity contribution is 5.27. The average molecular weight is 277 g/mol. The Morgan fingerprint density at radius 1 is 1.20 bits per heavy atom. The maximum atomic E-state index is 6.12. The van der Waals surface area contributed by atoms with E-state index in [2.05, 4.69) is 36.5 Å². The fraction of sp³-hybridized carbons (Fsp3) is 0.647. The van der Waals surface area contributed by atoms with E-state index in [1.807, 2.05) is 0 Å². The molecule has 2 unspecified atom stereocenters. The first kappa shape index (κ1) is 15.3. The van der Waals surface area contributed by atoms with Gasteiger partial charge in [0, 0.05) is 13.2 Å². The molecule has 1 saturated carbocycles. The van der Waals surface area contributed by atoms with Gasteiger partial charge < -0.3 is 14.8 Å². The summed E-state index contributed by atoms with van der Waals surface area (Å²) in [5, 5.41) is 3.54. The van der Waals surface area contributed by atoms with Gasteiger partial charge in [0.05, 0.1) is 6.61 Å². The Hall–Kier alpha value is -1.06. The summed E-state index contributed by atoms with van der Waals surface area (Å²) in [6, 6.07) is 9.07. The van der Waals surface area contributed by atoms with Gasteiger partial charge in [-0.15, -0.1) is 0 Å². The van der Waals surface area contributed by atoms with E-state index in [0.717, 1.165) is 31.7 Å². The van der Waals surface area contributed by atoms with E-state index in [-0.39, 0.29) is 0 Å². The van der Waals surface area contributed by atoms with Crippen molar-refractivity contribution in [2.24, 2.45) is 0 Å². The van der Waals surface area contributed by atoms with Crippen LogP contribution in [0.2, 0.25) is 0 Å². The maximum absolute atomic E-state index is 6.12. The van der Waals surface area contributed by atoms with Gasteiger partial charge in [-0.2, -0.15) is 0 Å². The van der Waals surface area contributed by atoms with Crippen molar-refractivity contribution in [1.29, 1.82) is 0 Å². The molecule has 0 saturated heterocycles. The van der Waals surface area contributed by atoms with Crippen molar-refractivity contribution in [1.82, 2.24) is 5.32 Å². The summed E-state index contributed by atoms with van der Waals surface area (Å²) in [5.74, 6) is 0.994. The summed E-state index contributed by atoms with van der Waals surface area (Å²) < 4.78 is 11.2. The second-order valence-electron chi connectivity index (χ2n) is 5.55. The summed E-state index contributed by atoms with van der Waals surface area (Å²) in [6.45, 7) is 3.99. The van der Waals surface area contributed by atoms with Crippen LogP contribution in [0.1, 0.15) is 38.2 Å². The van der Waals surface area contributed by atoms with Crippen molar-refractivity contribution in [3.63, 3.8) is 0 Å². The van der Waals surface area contributed by atoms with Crippen LogP contribution in [-0.4, -0.2) is 32.4 Å². The van der Waals surface area contributed by atoms with Gasteiger partial charge in [0.25, 0.3) is 0 Å². The van der Waals surface area contributed by atoms with Gasteiger partial charge in [-0.3, -0.25) is 0 Å². The van der Waals surface area contributed by atoms with Crippen LogP contribution in [0.25, 0.3) is 0 Å². The van der Waals surface area contributed by atoms with Gasteiger partial charge >= 0.3 is 0 Å². The van der Waals surface area contributed by atoms with E-state index in [0.29, 0.717) is 12.1 Å². The largest absolute Gasteiger partial charge is 0.490 e. The number of ether oxygens (including phenoxy) is 2. The smallest absolute Gasteiger partial charge is 0.119 e. The fourth-order valence-corrected chi connectivity index (χ4v) is 2.87. The van der Waals surface area contributed by atoms with E-state index >= 15 is 0 Å². The van der Waals surface area contributed by atoms with Gasteiger partial charge in [-0.25, -0.2) is 0 Å². The molecule has 0 amide bonds. The molecule has 2 atom stereocenters. The molecule has 0 spiro atoms. The molecule has 20 heavy (non-hydrogen) atoms. The minimum absolute atomic E-state index is 0.359. The Labute approximate surface area is 122 Å². The van der Waals surface area contributed by atoms with Crippen LogP contribution in [0.4, 0.5) is 0 Å². The Balaban J connectivity index is 1.83. The lowest BCUT2D eigenvalue weighted by molar-refractivity contribution is 0.135. The minimum atomic E-state index is 0.359. The molecule has 1 aromatic carbocycles. The highest BCUT2D eigenvalue weighted by atomic mass is 16.5. The third kappa shape index (κ3) is 4.80. The molecule has 1 fully saturated rings. The van der Waals surface area contributed by atoms with Gasteiger partial charge in [-0.1, -0.05) is 19.1 Å². The standard InChI is InChI=1S/C17H27NO2/c1-3-18-15-5-4-6-17(13-15)20-16-9-7-14(8-10-16)11-12-19-2/h7-10,15,17-18H,3-6,11-13H2,1-2H3. The molecule has 3 heteroatoms. The highest BCUT2D eigenvalue weighted by Crippen LogP contribution is 2.24. The van der Waals surface area contributed by atoms with Crippen LogP contribution >= 0.6 is 0 Å². The van der Waals surface area contributed by atoms with Gasteiger partial charge in [0.2, 0.25) is 0 Å². The quantitative estimate of drug-likeness (QED) is 0.830. The molecule has 1 aromatic rings. The molecule has 1 N–H and O–H groups in total. The van der Waals surface area contributed by atoms with Crippen molar-refractivity contribution in [2.45, 2.75) is 51.2 Å². The van der Waals surface area contributed by atoms with Crippen LogP contribution in [0.3, 0.4) is 0 Å². The third-order valence-electron chi connectivity index (χ3n) is 3.94. The number of hydrogen-bond donors (Lipinski definition) is 1. The first-order chi connectivity index (χ1) is 9.81. The van der Waals surface area contributed by atoms with Crippen LogP contribution < -0.4 is 10.1 Å². The number of methoxy groups -OCH3 is 1. The number of benzene rings is 1. The summed E-state index contributed by atoms with van der Waals surface area (Å²) in [7, 11) is 1.74. The Morgan fingerprint density at radius 3 is 2.70 bits per heavy atom. The van der Waals surface area contributed by atoms with Crippen LogP contribution in [0.15, 0.2) is 24.3 Å². The van der Waals surface area contributed by atoms with Gasteiger partial charge in [-0.05, 0) is 56.3 Å². The lowest BCUT2D eigenvalue weighted by Gasteiger charge is -2.30. The van der Waals surface area contributed by atoms with E-state index < -0.39 is 0 Å². The molecule has 3 nitrogen and oxygen atoms in total. The van der Waals surface area contributed by atoms with Gasteiger partial charge in [0.1, 0.15) is 11.9 Å². The molecule has 0 aliphatic heterocycles. The molecule has 0 bridgehead atoms. The van der Waals surface area contributed by atoms with Crippen molar-refractivity contribution >= 4 is 0 Å². The molecule has 0 heterocycles. The molecular weight excluding hydrogens is 250 g/mol. The number of hydrogen-bond acceptors (Lipinski definition) is 3. The maximum Gasteiger partial charge on any atom is 0.119 e. The summed E-state index contributed by atoms with van der Waals surface area (Å²) in [6.07, 6.45) is 6.16. The normalized spacial score (nSPS) is 22.7. The average Bonchev–Trinajstić information content (AvgIpc) is 2.47. The van der Waals surface area contributed by atoms with Crippen LogP contribution in [0.5, 0.6) is 5.75 Å². The van der Waals surface area contributed by atoms with E-state index in [9.17, 15) is 0 Å². The molecule has 0 radical (unpaired) electrons. The summed E-state index contributed by atoms with van der Waals surface area (Å²) in [4.78, 5) is 0. The lowest BCUT2D eigenvalue weighted by Crippen LogP contribution is -2.37. The minimum Gasteiger partial charge on any atom is -0.490 e. The first-order valence-electron chi connectivity index (χ1n) is 7.79. The zero-order chi connectivity index (χ0) is 14.2. The topological polar surface area (TPSA) is 30.5 Å². The predicted octanol–water partition coefficient (Wildman–Crippen LogP) is 3.18. The van der Waals surface area contributed by atoms with Crippen molar-refractivity contribution in [3.8, 4) is 5.75 Å². The highest BCUT2D eigenvalue weighted by Gasteiger charge is 2.22. The third-order valence-corrected chi connectivity index (χ3v) is 3.94. The number of rotatable bonds is 7. The van der Waals surface area contributed by atoms with E-state index in [1.54, 1.807) is 7.11 Å². The Bertz CT molecular complexity index is 375. The summed E-state index contributed by atoms with van der Waals surface area (Å²) in [5.41, 5.74) is 1.30. The zero-order valence-corrected chi connectivity index (χ0v) is 12.7. The molecule has 1 aliphatic carbocycles. The second-order valence-corrected chi connectivity index (χ2v) is 5.55. The predicted molar refractivity (Wildman–Crippen MR) is 82.4 cm³/mol. The molecular formula is C17H27NO2. The fourth-order valence-electron chi connectivity index (χ4n) is 2.87. The second kappa shape index (κ2) is 8.28. The monoisotopic (exact) mass is 277 g/mol. The summed E-state index contributed by atoms with van der Waals surface area (Å²) >= 11 is 0. The van der Waals surface area contributed by atoms with Crippen LogP contribution in [-0.2, 0) is 11.2 Å². The first-order valence-corrected chi connectivity index (χ1v) is 7.79. The van der Waals surface area contributed by atoms with Crippen molar-refractivity contribution in [3.05, 3.63) is 29.8 Å². The molecule has 2 rings (SSSR count).